The van der Waals surface area contributed by atoms with Crippen LogP contribution >= 0.6 is 0 Å². The summed E-state index contributed by atoms with van der Waals surface area (Å²) in [6, 6.07) is 3.50. The number of hydrogen-bond donors (Lipinski definition) is 1. The number of furan rings is 1. The van der Waals surface area contributed by atoms with E-state index in [0.717, 1.165) is 30.7 Å². The first kappa shape index (κ1) is 15.6. The van der Waals surface area contributed by atoms with E-state index in [-0.39, 0.29) is 0 Å². The predicted octanol–water partition coefficient (Wildman–Crippen LogP) is 3.85. The van der Waals surface area contributed by atoms with Gasteiger partial charge in [0.2, 0.25) is 0 Å². The Kier molecular flexibility index (Phi) is 5.67. The molecule has 1 N–H and O–H groups in total. The molecule has 1 aliphatic heterocycles. The summed E-state index contributed by atoms with van der Waals surface area (Å²) in [5.74, 6) is 2.20. The maximum Gasteiger partial charge on any atom is 0.118 e. The molecule has 0 aliphatic carbocycles. The lowest BCUT2D eigenvalue weighted by atomic mass is 10.00. The third kappa shape index (κ3) is 4.10. The minimum Gasteiger partial charge on any atom is -0.465 e. The summed E-state index contributed by atoms with van der Waals surface area (Å²) in [7, 11) is 0. The summed E-state index contributed by atoms with van der Waals surface area (Å²) in [4.78, 5) is 2.60. The quantitative estimate of drug-likeness (QED) is 0.856. The van der Waals surface area contributed by atoms with Crippen LogP contribution in [-0.4, -0.2) is 23.5 Å². The van der Waals surface area contributed by atoms with Crippen LogP contribution in [0.3, 0.4) is 0 Å². The Bertz CT molecular complexity index is 411. The van der Waals surface area contributed by atoms with E-state index in [4.69, 9.17) is 4.42 Å². The molecule has 0 saturated carbocycles. The van der Waals surface area contributed by atoms with Crippen LogP contribution in [0.4, 0.5) is 0 Å². The van der Waals surface area contributed by atoms with Gasteiger partial charge in [-0.25, -0.2) is 0 Å². The van der Waals surface area contributed by atoms with E-state index in [1.165, 1.54) is 37.8 Å². The SMILES string of the molecule is CCC1CCCCN1Cc1cc(CNC(C)C)c(C)o1. The van der Waals surface area contributed by atoms with Gasteiger partial charge >= 0.3 is 0 Å². The van der Waals surface area contributed by atoms with Gasteiger partial charge in [-0.2, -0.15) is 0 Å². The molecule has 2 heterocycles. The molecule has 1 aliphatic rings. The molecule has 3 heteroatoms. The van der Waals surface area contributed by atoms with Crippen LogP contribution in [0.25, 0.3) is 0 Å². The molecule has 0 amide bonds. The predicted molar refractivity (Wildman–Crippen MR) is 83.8 cm³/mol. The van der Waals surface area contributed by atoms with Crippen LogP contribution in [0.15, 0.2) is 10.5 Å². The molecule has 1 atom stereocenters. The monoisotopic (exact) mass is 278 g/mol. The minimum atomic E-state index is 0.513. The van der Waals surface area contributed by atoms with E-state index >= 15 is 0 Å². The van der Waals surface area contributed by atoms with Gasteiger partial charge in [-0.1, -0.05) is 27.2 Å². The fourth-order valence-electron chi connectivity index (χ4n) is 3.09. The zero-order chi connectivity index (χ0) is 14.5. The van der Waals surface area contributed by atoms with E-state index < -0.39 is 0 Å². The van der Waals surface area contributed by atoms with Crippen LogP contribution in [0.2, 0.25) is 0 Å². The Morgan fingerprint density at radius 1 is 1.40 bits per heavy atom. The second-order valence-electron chi connectivity index (χ2n) is 6.36. The Hall–Kier alpha value is -0.800. The largest absolute Gasteiger partial charge is 0.465 e. The lowest BCUT2D eigenvalue weighted by Crippen LogP contribution is -2.38. The molecule has 20 heavy (non-hydrogen) atoms. The Balaban J connectivity index is 1.96. The molecular formula is C17H30N2O. The third-order valence-electron chi connectivity index (χ3n) is 4.35. The van der Waals surface area contributed by atoms with Gasteiger partial charge in [-0.3, -0.25) is 4.90 Å². The molecule has 2 rings (SSSR count). The van der Waals surface area contributed by atoms with Gasteiger partial charge in [0, 0.05) is 24.2 Å². The first-order valence-electron chi connectivity index (χ1n) is 8.15. The van der Waals surface area contributed by atoms with Gasteiger partial charge in [0.15, 0.2) is 0 Å². The molecule has 0 radical (unpaired) electrons. The zero-order valence-electron chi connectivity index (χ0n) is 13.5. The van der Waals surface area contributed by atoms with Gasteiger partial charge in [0.05, 0.1) is 6.54 Å². The Morgan fingerprint density at radius 2 is 2.20 bits per heavy atom. The molecule has 0 aromatic carbocycles. The van der Waals surface area contributed by atoms with Crippen molar-refractivity contribution in [2.45, 2.75) is 78.6 Å². The fourth-order valence-corrected chi connectivity index (χ4v) is 3.09. The summed E-state index contributed by atoms with van der Waals surface area (Å²) >= 11 is 0. The smallest absolute Gasteiger partial charge is 0.118 e. The van der Waals surface area contributed by atoms with Crippen molar-refractivity contribution >= 4 is 0 Å². The number of nitrogens with one attached hydrogen (secondary N) is 1. The number of nitrogens with zero attached hydrogens (tertiary/aromatic N) is 1. The molecule has 1 aromatic rings. The van der Waals surface area contributed by atoms with Crippen LogP contribution in [0.5, 0.6) is 0 Å². The van der Waals surface area contributed by atoms with Crippen LogP contribution in [-0.2, 0) is 13.1 Å². The summed E-state index contributed by atoms with van der Waals surface area (Å²) in [5, 5.41) is 3.47. The minimum absolute atomic E-state index is 0.513. The molecule has 1 unspecified atom stereocenters. The molecule has 0 spiro atoms. The highest BCUT2D eigenvalue weighted by Crippen LogP contribution is 2.23. The normalized spacial score (nSPS) is 20.8. The van der Waals surface area contributed by atoms with Crippen molar-refractivity contribution in [2.75, 3.05) is 6.54 Å². The topological polar surface area (TPSA) is 28.4 Å². The fraction of sp³-hybridized carbons (Fsp3) is 0.765. The van der Waals surface area contributed by atoms with Crippen molar-refractivity contribution in [3.8, 4) is 0 Å². The lowest BCUT2D eigenvalue weighted by Gasteiger charge is -2.34. The third-order valence-corrected chi connectivity index (χ3v) is 4.35. The number of aryl methyl sites for hydroxylation is 1. The van der Waals surface area contributed by atoms with E-state index in [1.54, 1.807) is 0 Å². The zero-order valence-corrected chi connectivity index (χ0v) is 13.5. The average molecular weight is 278 g/mol. The van der Waals surface area contributed by atoms with Crippen molar-refractivity contribution in [3.63, 3.8) is 0 Å². The van der Waals surface area contributed by atoms with E-state index in [1.807, 2.05) is 0 Å². The standard InChI is InChI=1S/C17H30N2O/c1-5-16-8-6-7-9-19(16)12-17-10-15(14(4)20-17)11-18-13(2)3/h10,13,16,18H,5-9,11-12H2,1-4H3. The number of piperidine rings is 1. The number of rotatable bonds is 6. The van der Waals surface area contributed by atoms with E-state index in [0.29, 0.717) is 6.04 Å². The first-order chi connectivity index (χ1) is 9.60. The summed E-state index contributed by atoms with van der Waals surface area (Å²) in [5.41, 5.74) is 1.30. The van der Waals surface area contributed by atoms with E-state index in [2.05, 4.69) is 44.0 Å². The maximum atomic E-state index is 5.96. The second kappa shape index (κ2) is 7.28. The van der Waals surface area contributed by atoms with Crippen molar-refractivity contribution < 1.29 is 4.42 Å². The molecule has 0 bridgehead atoms. The van der Waals surface area contributed by atoms with Gasteiger partial charge in [0.1, 0.15) is 11.5 Å². The molecular weight excluding hydrogens is 248 g/mol. The van der Waals surface area contributed by atoms with Crippen molar-refractivity contribution in [2.24, 2.45) is 0 Å². The molecule has 3 nitrogen and oxygen atoms in total. The van der Waals surface area contributed by atoms with Gasteiger partial charge in [-0.05, 0) is 38.8 Å². The highest BCUT2D eigenvalue weighted by atomic mass is 16.3. The van der Waals surface area contributed by atoms with Crippen molar-refractivity contribution in [1.82, 2.24) is 10.2 Å². The van der Waals surface area contributed by atoms with Gasteiger partial charge in [0.25, 0.3) is 0 Å². The maximum absolute atomic E-state index is 5.96. The molecule has 1 saturated heterocycles. The van der Waals surface area contributed by atoms with E-state index in [9.17, 15) is 0 Å². The van der Waals surface area contributed by atoms with Crippen molar-refractivity contribution in [1.29, 1.82) is 0 Å². The highest BCUT2D eigenvalue weighted by Gasteiger charge is 2.22. The Morgan fingerprint density at radius 3 is 2.90 bits per heavy atom. The number of likely N-dealkylation sites (tertiary alicyclic amines) is 1. The summed E-state index contributed by atoms with van der Waals surface area (Å²) in [6.07, 6.45) is 5.31. The lowest BCUT2D eigenvalue weighted by molar-refractivity contribution is 0.126. The van der Waals surface area contributed by atoms with Gasteiger partial charge in [-0.15, -0.1) is 0 Å². The first-order valence-corrected chi connectivity index (χ1v) is 8.15. The average Bonchev–Trinajstić information content (AvgIpc) is 2.77. The molecule has 114 valence electrons. The van der Waals surface area contributed by atoms with Crippen LogP contribution in [0, 0.1) is 6.92 Å². The van der Waals surface area contributed by atoms with Crippen LogP contribution in [0.1, 0.15) is 63.5 Å². The second-order valence-corrected chi connectivity index (χ2v) is 6.36. The summed E-state index contributed by atoms with van der Waals surface area (Å²) in [6.45, 7) is 11.8. The van der Waals surface area contributed by atoms with Crippen molar-refractivity contribution in [3.05, 3.63) is 23.2 Å². The number of hydrogen-bond acceptors (Lipinski definition) is 3. The van der Waals surface area contributed by atoms with Crippen LogP contribution < -0.4 is 5.32 Å². The Labute approximate surface area is 123 Å². The molecule has 1 fully saturated rings. The summed E-state index contributed by atoms with van der Waals surface area (Å²) < 4.78 is 5.96. The highest BCUT2D eigenvalue weighted by molar-refractivity contribution is 5.20. The van der Waals surface area contributed by atoms with Gasteiger partial charge < -0.3 is 9.73 Å². The molecule has 1 aromatic heterocycles.